The summed E-state index contributed by atoms with van der Waals surface area (Å²) in [6.07, 6.45) is 9.11. The molecule has 0 atom stereocenters. The monoisotopic (exact) mass is 408 g/mol. The van der Waals surface area contributed by atoms with Crippen molar-refractivity contribution in [3.63, 3.8) is 0 Å². The molecule has 0 aromatic heterocycles. The summed E-state index contributed by atoms with van der Waals surface area (Å²) < 4.78 is 24.9. The summed E-state index contributed by atoms with van der Waals surface area (Å²) in [6, 6.07) is 11.3. The van der Waals surface area contributed by atoms with Crippen molar-refractivity contribution in [2.45, 2.75) is 33.6 Å². The Morgan fingerprint density at radius 3 is 2.50 bits per heavy atom. The minimum absolute atomic E-state index is 0.238. The molecule has 0 heterocycles. The first-order chi connectivity index (χ1) is 14.4. The van der Waals surface area contributed by atoms with Gasteiger partial charge in [-0.05, 0) is 76.1 Å². The van der Waals surface area contributed by atoms with Crippen LogP contribution in [0.15, 0.2) is 71.8 Å². The molecule has 0 saturated heterocycles. The molecule has 0 amide bonds. The Bertz CT molecular complexity index is 951. The summed E-state index contributed by atoms with van der Waals surface area (Å²) in [4.78, 5) is 12.4. The van der Waals surface area contributed by atoms with Crippen molar-refractivity contribution in [2.24, 2.45) is 0 Å². The van der Waals surface area contributed by atoms with E-state index in [2.05, 4.69) is 32.9 Å². The fourth-order valence-corrected chi connectivity index (χ4v) is 2.78. The number of benzene rings is 2. The van der Waals surface area contributed by atoms with Gasteiger partial charge in [-0.1, -0.05) is 35.4 Å². The van der Waals surface area contributed by atoms with Crippen LogP contribution in [0.5, 0.6) is 11.5 Å². The molecule has 0 aliphatic carbocycles. The standard InChI is InChI=1S/C26H29FO3/c1-19(2)8-7-9-20(3)16-17-30-25-15-13-22(18-26(25)29-4)24(28)14-12-21-10-5-6-11-23(21)27/h5-6,8,10-16,18H,7,9,17H2,1-4H3/b14-12+,20-16+. The number of rotatable bonds is 10. The molecule has 0 spiro atoms. The topological polar surface area (TPSA) is 35.5 Å². The van der Waals surface area contributed by atoms with Crippen LogP contribution in [0.2, 0.25) is 0 Å². The molecule has 0 aliphatic heterocycles. The van der Waals surface area contributed by atoms with Crippen LogP contribution in [0.3, 0.4) is 0 Å². The van der Waals surface area contributed by atoms with Crippen molar-refractivity contribution in [3.8, 4) is 11.5 Å². The van der Waals surface area contributed by atoms with Crippen molar-refractivity contribution in [1.82, 2.24) is 0 Å². The minimum atomic E-state index is -0.368. The third kappa shape index (κ3) is 7.36. The van der Waals surface area contributed by atoms with Crippen LogP contribution in [0.4, 0.5) is 4.39 Å². The number of ketones is 1. The number of methoxy groups -OCH3 is 1. The molecular formula is C26H29FO3. The highest BCUT2D eigenvalue weighted by atomic mass is 19.1. The lowest BCUT2D eigenvalue weighted by molar-refractivity contribution is 0.104. The van der Waals surface area contributed by atoms with E-state index in [0.29, 0.717) is 29.2 Å². The highest BCUT2D eigenvalue weighted by molar-refractivity contribution is 6.07. The number of hydrogen-bond donors (Lipinski definition) is 0. The molecule has 0 unspecified atom stereocenters. The average molecular weight is 409 g/mol. The molecule has 0 bridgehead atoms. The summed E-state index contributed by atoms with van der Waals surface area (Å²) in [5, 5.41) is 0. The zero-order valence-corrected chi connectivity index (χ0v) is 18.1. The van der Waals surface area contributed by atoms with E-state index in [4.69, 9.17) is 9.47 Å². The van der Waals surface area contributed by atoms with Gasteiger partial charge in [-0.15, -0.1) is 0 Å². The van der Waals surface area contributed by atoms with Crippen LogP contribution in [0.1, 0.15) is 49.5 Å². The van der Waals surface area contributed by atoms with E-state index in [1.54, 1.807) is 36.4 Å². The lowest BCUT2D eigenvalue weighted by Crippen LogP contribution is -2.00. The molecule has 2 aromatic carbocycles. The largest absolute Gasteiger partial charge is 0.493 e. The average Bonchev–Trinajstić information content (AvgIpc) is 2.72. The Hall–Kier alpha value is -3.14. The molecule has 4 heteroatoms. The van der Waals surface area contributed by atoms with Gasteiger partial charge in [-0.3, -0.25) is 4.79 Å². The smallest absolute Gasteiger partial charge is 0.185 e. The van der Waals surface area contributed by atoms with E-state index >= 15 is 0 Å². The summed E-state index contributed by atoms with van der Waals surface area (Å²) in [6.45, 7) is 6.71. The van der Waals surface area contributed by atoms with Crippen LogP contribution in [0, 0.1) is 5.82 Å². The molecule has 0 radical (unpaired) electrons. The zero-order chi connectivity index (χ0) is 21.9. The van der Waals surface area contributed by atoms with Crippen LogP contribution in [-0.4, -0.2) is 19.5 Å². The maximum atomic E-state index is 13.7. The number of ether oxygens (including phenoxy) is 2. The van der Waals surface area contributed by atoms with Gasteiger partial charge in [0.25, 0.3) is 0 Å². The molecule has 2 aromatic rings. The van der Waals surface area contributed by atoms with Gasteiger partial charge in [0, 0.05) is 11.1 Å². The Kier molecular flexibility index (Phi) is 9.07. The van der Waals surface area contributed by atoms with E-state index in [1.807, 2.05) is 0 Å². The van der Waals surface area contributed by atoms with E-state index < -0.39 is 0 Å². The van der Waals surface area contributed by atoms with Gasteiger partial charge in [0.1, 0.15) is 12.4 Å². The number of halogens is 1. The summed E-state index contributed by atoms with van der Waals surface area (Å²) >= 11 is 0. The predicted octanol–water partition coefficient (Wildman–Crippen LogP) is 6.80. The van der Waals surface area contributed by atoms with Crippen LogP contribution in [0.25, 0.3) is 6.08 Å². The molecular weight excluding hydrogens is 379 g/mol. The molecule has 0 saturated carbocycles. The van der Waals surface area contributed by atoms with Crippen molar-refractivity contribution < 1.29 is 18.7 Å². The Labute approximate surface area is 178 Å². The van der Waals surface area contributed by atoms with E-state index in [1.165, 1.54) is 36.5 Å². The van der Waals surface area contributed by atoms with Crippen LogP contribution in [-0.2, 0) is 0 Å². The van der Waals surface area contributed by atoms with Crippen LogP contribution >= 0.6 is 0 Å². The summed E-state index contributed by atoms with van der Waals surface area (Å²) in [5.74, 6) is 0.446. The molecule has 30 heavy (non-hydrogen) atoms. The van der Waals surface area contributed by atoms with E-state index in [9.17, 15) is 9.18 Å². The van der Waals surface area contributed by atoms with Gasteiger partial charge >= 0.3 is 0 Å². The first-order valence-electron chi connectivity index (χ1n) is 9.97. The molecule has 0 fully saturated rings. The second kappa shape index (κ2) is 11.8. The zero-order valence-electron chi connectivity index (χ0n) is 18.1. The normalized spacial score (nSPS) is 11.4. The van der Waals surface area contributed by atoms with Crippen molar-refractivity contribution >= 4 is 11.9 Å². The minimum Gasteiger partial charge on any atom is -0.493 e. The number of allylic oxidation sites excluding steroid dienone is 4. The summed E-state index contributed by atoms with van der Waals surface area (Å²) in [7, 11) is 1.53. The lowest BCUT2D eigenvalue weighted by atomic mass is 10.1. The van der Waals surface area contributed by atoms with Gasteiger partial charge in [-0.2, -0.15) is 0 Å². The molecule has 0 aliphatic rings. The second-order valence-corrected chi connectivity index (χ2v) is 7.27. The highest BCUT2D eigenvalue weighted by Crippen LogP contribution is 2.28. The third-order valence-corrected chi connectivity index (χ3v) is 4.53. The third-order valence-electron chi connectivity index (χ3n) is 4.53. The molecule has 0 N–H and O–H groups in total. The molecule has 158 valence electrons. The first kappa shape index (κ1) is 23.1. The van der Waals surface area contributed by atoms with E-state index in [-0.39, 0.29) is 11.6 Å². The Balaban J connectivity index is 2.01. The number of carbonyl (C=O) groups is 1. The van der Waals surface area contributed by atoms with Crippen LogP contribution < -0.4 is 9.47 Å². The predicted molar refractivity (Wildman–Crippen MR) is 121 cm³/mol. The fraction of sp³-hybridized carbons (Fsp3) is 0.269. The van der Waals surface area contributed by atoms with Gasteiger partial charge in [0.15, 0.2) is 17.3 Å². The number of carbonyl (C=O) groups excluding carboxylic acids is 1. The Morgan fingerprint density at radius 2 is 1.80 bits per heavy atom. The van der Waals surface area contributed by atoms with Crippen molar-refractivity contribution in [1.29, 1.82) is 0 Å². The lowest BCUT2D eigenvalue weighted by Gasteiger charge is -2.10. The molecule has 3 nitrogen and oxygen atoms in total. The van der Waals surface area contributed by atoms with Gasteiger partial charge in [0.05, 0.1) is 7.11 Å². The molecule has 2 rings (SSSR count). The maximum Gasteiger partial charge on any atom is 0.185 e. The second-order valence-electron chi connectivity index (χ2n) is 7.27. The number of hydrogen-bond acceptors (Lipinski definition) is 3. The quantitative estimate of drug-likeness (QED) is 0.246. The summed E-state index contributed by atoms with van der Waals surface area (Å²) in [5.41, 5.74) is 3.39. The maximum absolute atomic E-state index is 13.7. The SMILES string of the molecule is COc1cc(C(=O)/C=C/c2ccccc2F)ccc1OC/C=C(\C)CCC=C(C)C. The first-order valence-corrected chi connectivity index (χ1v) is 9.97. The van der Waals surface area contributed by atoms with Gasteiger partial charge in [-0.25, -0.2) is 4.39 Å². The van der Waals surface area contributed by atoms with Gasteiger partial charge in [0.2, 0.25) is 0 Å². The van der Waals surface area contributed by atoms with Crippen molar-refractivity contribution in [2.75, 3.05) is 13.7 Å². The highest BCUT2D eigenvalue weighted by Gasteiger charge is 2.09. The van der Waals surface area contributed by atoms with Gasteiger partial charge < -0.3 is 9.47 Å². The Morgan fingerprint density at radius 1 is 1.03 bits per heavy atom. The van der Waals surface area contributed by atoms with E-state index in [0.717, 1.165) is 12.8 Å². The fourth-order valence-electron chi connectivity index (χ4n) is 2.78. The van der Waals surface area contributed by atoms with Crippen molar-refractivity contribution in [3.05, 3.63) is 88.8 Å².